The maximum atomic E-state index is 11.9. The Morgan fingerprint density at radius 2 is 1.89 bits per heavy atom. The normalized spacial score (nSPS) is 10.4. The van der Waals surface area contributed by atoms with Crippen LogP contribution in [0.15, 0.2) is 0 Å². The Balaban J connectivity index is 4.17. The van der Waals surface area contributed by atoms with E-state index in [2.05, 4.69) is 5.32 Å². The maximum Gasteiger partial charge on any atom is 0.317 e. The van der Waals surface area contributed by atoms with Crippen LogP contribution in [0.4, 0.5) is 4.79 Å². The standard InChI is InChI=1S/C12H24N2O4/c1-3-10(4-2)14(8-9-15)12(18)13-7-5-6-11(16)17/h10,15H,3-9H2,1-2H3,(H,13,18)(H,16,17). The predicted octanol–water partition coefficient (Wildman–Crippen LogP) is 1.04. The summed E-state index contributed by atoms with van der Waals surface area (Å²) >= 11 is 0. The summed E-state index contributed by atoms with van der Waals surface area (Å²) in [4.78, 5) is 23.8. The Bertz CT molecular complexity index is 254. The molecule has 0 aliphatic heterocycles. The minimum absolute atomic E-state index is 0.0469. The smallest absolute Gasteiger partial charge is 0.317 e. The first kappa shape index (κ1) is 16.7. The molecule has 0 fully saturated rings. The van der Waals surface area contributed by atoms with E-state index in [1.165, 1.54) is 0 Å². The third-order valence-electron chi connectivity index (χ3n) is 2.83. The monoisotopic (exact) mass is 260 g/mol. The van der Waals surface area contributed by atoms with Crippen LogP contribution in [0.25, 0.3) is 0 Å². The van der Waals surface area contributed by atoms with Crippen LogP contribution in [0.1, 0.15) is 39.5 Å². The first-order valence-electron chi connectivity index (χ1n) is 6.43. The van der Waals surface area contributed by atoms with E-state index < -0.39 is 5.97 Å². The van der Waals surface area contributed by atoms with Crippen molar-refractivity contribution >= 4 is 12.0 Å². The van der Waals surface area contributed by atoms with E-state index in [1.807, 2.05) is 13.8 Å². The molecular weight excluding hydrogens is 236 g/mol. The van der Waals surface area contributed by atoms with Crippen molar-refractivity contribution < 1.29 is 19.8 Å². The van der Waals surface area contributed by atoms with Crippen LogP contribution in [-0.4, -0.2) is 52.9 Å². The second-order valence-corrected chi connectivity index (χ2v) is 4.12. The highest BCUT2D eigenvalue weighted by Crippen LogP contribution is 2.08. The van der Waals surface area contributed by atoms with Gasteiger partial charge in [-0.25, -0.2) is 4.79 Å². The van der Waals surface area contributed by atoms with Gasteiger partial charge >= 0.3 is 12.0 Å². The van der Waals surface area contributed by atoms with Gasteiger partial charge in [0.05, 0.1) is 6.61 Å². The third kappa shape index (κ3) is 6.44. The van der Waals surface area contributed by atoms with Crippen molar-refractivity contribution in [2.45, 2.75) is 45.6 Å². The van der Waals surface area contributed by atoms with Crippen molar-refractivity contribution in [1.29, 1.82) is 0 Å². The van der Waals surface area contributed by atoms with Crippen molar-refractivity contribution in [3.8, 4) is 0 Å². The molecule has 0 aliphatic carbocycles. The molecule has 0 rings (SSSR count). The second-order valence-electron chi connectivity index (χ2n) is 4.12. The molecule has 106 valence electrons. The Morgan fingerprint density at radius 3 is 2.33 bits per heavy atom. The van der Waals surface area contributed by atoms with Gasteiger partial charge in [-0.05, 0) is 19.3 Å². The predicted molar refractivity (Wildman–Crippen MR) is 68.4 cm³/mol. The molecule has 2 amide bonds. The topological polar surface area (TPSA) is 89.9 Å². The zero-order valence-corrected chi connectivity index (χ0v) is 11.2. The molecule has 0 atom stereocenters. The molecule has 6 heteroatoms. The number of aliphatic hydroxyl groups is 1. The van der Waals surface area contributed by atoms with E-state index in [0.717, 1.165) is 12.8 Å². The molecule has 0 radical (unpaired) electrons. The lowest BCUT2D eigenvalue weighted by atomic mass is 10.1. The van der Waals surface area contributed by atoms with Crippen molar-refractivity contribution in [1.82, 2.24) is 10.2 Å². The number of aliphatic carboxylic acids is 1. The van der Waals surface area contributed by atoms with Gasteiger partial charge in [0.15, 0.2) is 0 Å². The second kappa shape index (κ2) is 9.70. The molecule has 0 spiro atoms. The van der Waals surface area contributed by atoms with E-state index in [0.29, 0.717) is 19.5 Å². The van der Waals surface area contributed by atoms with Crippen LogP contribution < -0.4 is 5.32 Å². The van der Waals surface area contributed by atoms with Gasteiger partial charge in [0.1, 0.15) is 0 Å². The van der Waals surface area contributed by atoms with Gasteiger partial charge < -0.3 is 20.4 Å². The first-order chi connectivity index (χ1) is 8.56. The van der Waals surface area contributed by atoms with Crippen LogP contribution in [0.5, 0.6) is 0 Å². The SMILES string of the molecule is CCC(CC)N(CCO)C(=O)NCCCC(=O)O. The van der Waals surface area contributed by atoms with Crippen molar-refractivity contribution in [2.24, 2.45) is 0 Å². The average molecular weight is 260 g/mol. The number of aliphatic hydroxyl groups excluding tert-OH is 1. The van der Waals surface area contributed by atoms with Crippen LogP contribution in [0, 0.1) is 0 Å². The molecule has 0 saturated heterocycles. The molecule has 0 aromatic rings. The largest absolute Gasteiger partial charge is 0.481 e. The fourth-order valence-corrected chi connectivity index (χ4v) is 1.82. The summed E-state index contributed by atoms with van der Waals surface area (Å²) < 4.78 is 0. The van der Waals surface area contributed by atoms with Gasteiger partial charge in [-0.1, -0.05) is 13.8 Å². The van der Waals surface area contributed by atoms with Gasteiger partial charge in [0.25, 0.3) is 0 Å². The highest BCUT2D eigenvalue weighted by Gasteiger charge is 2.19. The van der Waals surface area contributed by atoms with Gasteiger partial charge in [-0.3, -0.25) is 4.79 Å². The molecule has 0 bridgehead atoms. The quantitative estimate of drug-likeness (QED) is 0.540. The highest BCUT2D eigenvalue weighted by atomic mass is 16.4. The maximum absolute atomic E-state index is 11.9. The average Bonchev–Trinajstić information content (AvgIpc) is 2.34. The number of carboxylic acids is 1. The molecule has 0 saturated carbocycles. The summed E-state index contributed by atoms with van der Waals surface area (Å²) in [5, 5.41) is 20.1. The number of urea groups is 1. The number of rotatable bonds is 9. The number of nitrogens with one attached hydrogen (secondary N) is 1. The molecule has 0 unspecified atom stereocenters. The molecule has 0 aliphatic rings. The molecule has 0 aromatic heterocycles. The van der Waals surface area contributed by atoms with Crippen LogP contribution in [-0.2, 0) is 4.79 Å². The van der Waals surface area contributed by atoms with E-state index >= 15 is 0 Å². The van der Waals surface area contributed by atoms with Gasteiger partial charge in [0, 0.05) is 25.6 Å². The molecule has 0 aromatic carbocycles. The highest BCUT2D eigenvalue weighted by molar-refractivity contribution is 5.74. The third-order valence-corrected chi connectivity index (χ3v) is 2.83. The number of hydrogen-bond donors (Lipinski definition) is 3. The Labute approximate surface area is 108 Å². The van der Waals surface area contributed by atoms with E-state index in [1.54, 1.807) is 4.90 Å². The summed E-state index contributed by atoms with van der Waals surface area (Å²) in [6.45, 7) is 4.57. The minimum atomic E-state index is -0.864. The van der Waals surface area contributed by atoms with E-state index in [9.17, 15) is 9.59 Å². The van der Waals surface area contributed by atoms with E-state index in [4.69, 9.17) is 10.2 Å². The van der Waals surface area contributed by atoms with Crippen LogP contribution in [0.2, 0.25) is 0 Å². The van der Waals surface area contributed by atoms with Gasteiger partial charge in [-0.15, -0.1) is 0 Å². The fourth-order valence-electron chi connectivity index (χ4n) is 1.82. The minimum Gasteiger partial charge on any atom is -0.481 e. The lowest BCUT2D eigenvalue weighted by molar-refractivity contribution is -0.137. The Morgan fingerprint density at radius 1 is 1.28 bits per heavy atom. The van der Waals surface area contributed by atoms with Gasteiger partial charge in [-0.2, -0.15) is 0 Å². The summed E-state index contributed by atoms with van der Waals surface area (Å²) in [6.07, 6.45) is 2.13. The number of carbonyl (C=O) groups excluding carboxylic acids is 1. The Hall–Kier alpha value is -1.30. The van der Waals surface area contributed by atoms with Crippen LogP contribution >= 0.6 is 0 Å². The lowest BCUT2D eigenvalue weighted by Gasteiger charge is -2.30. The fraction of sp³-hybridized carbons (Fsp3) is 0.833. The number of hydrogen-bond acceptors (Lipinski definition) is 3. The Kier molecular flexibility index (Phi) is 9.00. The van der Waals surface area contributed by atoms with Crippen LogP contribution in [0.3, 0.4) is 0 Å². The number of carbonyl (C=O) groups is 2. The summed E-state index contributed by atoms with van der Waals surface area (Å²) in [6, 6.07) is -0.125. The molecule has 6 nitrogen and oxygen atoms in total. The zero-order valence-electron chi connectivity index (χ0n) is 11.2. The van der Waals surface area contributed by atoms with Gasteiger partial charge in [0.2, 0.25) is 0 Å². The number of carboxylic acid groups (broad SMARTS) is 1. The number of amides is 2. The van der Waals surface area contributed by atoms with Crippen molar-refractivity contribution in [3.05, 3.63) is 0 Å². The lowest BCUT2D eigenvalue weighted by Crippen LogP contribution is -2.47. The number of nitrogens with zero attached hydrogens (tertiary/aromatic N) is 1. The molecular formula is C12H24N2O4. The molecule has 3 N–H and O–H groups in total. The zero-order chi connectivity index (χ0) is 14.0. The van der Waals surface area contributed by atoms with E-state index in [-0.39, 0.29) is 25.1 Å². The summed E-state index contributed by atoms with van der Waals surface area (Å²) in [5.74, 6) is -0.864. The van der Waals surface area contributed by atoms with Crippen molar-refractivity contribution in [3.63, 3.8) is 0 Å². The molecule has 0 heterocycles. The summed E-state index contributed by atoms with van der Waals surface area (Å²) in [5.41, 5.74) is 0. The first-order valence-corrected chi connectivity index (χ1v) is 6.43. The van der Waals surface area contributed by atoms with Crippen molar-refractivity contribution in [2.75, 3.05) is 19.7 Å². The molecule has 18 heavy (non-hydrogen) atoms. The summed E-state index contributed by atoms with van der Waals surface area (Å²) in [7, 11) is 0.